The predicted molar refractivity (Wildman–Crippen MR) is 59.8 cm³/mol. The monoisotopic (exact) mass is 218 g/mol. The van der Waals surface area contributed by atoms with Crippen LogP contribution in [-0.4, -0.2) is 29.3 Å². The molecule has 1 aliphatic rings. The van der Waals surface area contributed by atoms with Crippen molar-refractivity contribution in [2.45, 2.75) is 19.4 Å². The van der Waals surface area contributed by atoms with E-state index in [-0.39, 0.29) is 24.3 Å². The van der Waals surface area contributed by atoms with Gasteiger partial charge in [0.05, 0.1) is 0 Å². The van der Waals surface area contributed by atoms with E-state index in [0.29, 0.717) is 12.1 Å². The molecule has 0 saturated carbocycles. The van der Waals surface area contributed by atoms with Gasteiger partial charge in [-0.2, -0.15) is 0 Å². The lowest BCUT2D eigenvalue weighted by Crippen LogP contribution is -2.34. The van der Waals surface area contributed by atoms with Crippen molar-refractivity contribution in [1.29, 1.82) is 0 Å². The minimum Gasteiger partial charge on any atom is -0.326 e. The molecule has 1 unspecified atom stereocenters. The molecule has 2 rings (SSSR count). The molecule has 1 fully saturated rings. The fourth-order valence-electron chi connectivity index (χ4n) is 1.78. The molecule has 2 N–H and O–H groups in total. The molecule has 84 valence electrons. The first kappa shape index (κ1) is 10.8. The zero-order valence-corrected chi connectivity index (χ0v) is 9.14. The van der Waals surface area contributed by atoms with Gasteiger partial charge in [0.2, 0.25) is 5.91 Å². The maximum Gasteiger partial charge on any atom is 0.260 e. The smallest absolute Gasteiger partial charge is 0.260 e. The Hall–Kier alpha value is -1.68. The summed E-state index contributed by atoms with van der Waals surface area (Å²) in [6.45, 7) is 2.27. The minimum absolute atomic E-state index is 0.182. The summed E-state index contributed by atoms with van der Waals surface area (Å²) in [5.74, 6) is -0.434. The van der Waals surface area contributed by atoms with Crippen LogP contribution in [0.4, 0.5) is 0 Å². The highest BCUT2D eigenvalue weighted by atomic mass is 16.2. The van der Waals surface area contributed by atoms with Crippen molar-refractivity contribution in [3.8, 4) is 0 Å². The second-order valence-electron chi connectivity index (χ2n) is 4.14. The second kappa shape index (κ2) is 4.06. The lowest BCUT2D eigenvalue weighted by molar-refractivity contribution is -0.125. The highest BCUT2D eigenvalue weighted by Crippen LogP contribution is 2.14. The van der Waals surface area contributed by atoms with E-state index in [2.05, 4.69) is 0 Å². The normalized spacial score (nSPS) is 20.2. The first-order chi connectivity index (χ1) is 7.58. The van der Waals surface area contributed by atoms with Crippen molar-refractivity contribution in [3.05, 3.63) is 35.4 Å². The van der Waals surface area contributed by atoms with Gasteiger partial charge >= 0.3 is 0 Å². The summed E-state index contributed by atoms with van der Waals surface area (Å²) < 4.78 is 0. The molecule has 4 nitrogen and oxygen atoms in total. The summed E-state index contributed by atoms with van der Waals surface area (Å²) in [7, 11) is 0. The Labute approximate surface area is 94.0 Å². The Bertz CT molecular complexity index is 425. The zero-order chi connectivity index (χ0) is 11.7. The summed E-state index contributed by atoms with van der Waals surface area (Å²) >= 11 is 0. The number of rotatable bonds is 1. The molecule has 1 atom stereocenters. The van der Waals surface area contributed by atoms with Crippen molar-refractivity contribution >= 4 is 11.8 Å². The van der Waals surface area contributed by atoms with E-state index in [1.54, 1.807) is 12.1 Å². The summed E-state index contributed by atoms with van der Waals surface area (Å²) in [5.41, 5.74) is 7.26. The van der Waals surface area contributed by atoms with E-state index in [4.69, 9.17) is 5.73 Å². The number of benzene rings is 1. The number of nitrogens with zero attached hydrogens (tertiary/aromatic N) is 1. The van der Waals surface area contributed by atoms with Crippen LogP contribution in [0, 0.1) is 6.92 Å². The van der Waals surface area contributed by atoms with Crippen molar-refractivity contribution in [2.24, 2.45) is 5.73 Å². The molecule has 1 aliphatic heterocycles. The van der Waals surface area contributed by atoms with Gasteiger partial charge in [-0.15, -0.1) is 0 Å². The third-order valence-corrected chi connectivity index (χ3v) is 2.70. The van der Waals surface area contributed by atoms with Gasteiger partial charge in [0.15, 0.2) is 0 Å². The molecule has 2 amide bonds. The van der Waals surface area contributed by atoms with Gasteiger partial charge in [-0.3, -0.25) is 14.5 Å². The maximum absolute atomic E-state index is 12.0. The second-order valence-corrected chi connectivity index (χ2v) is 4.14. The molecule has 16 heavy (non-hydrogen) atoms. The van der Waals surface area contributed by atoms with Gasteiger partial charge in [-0.25, -0.2) is 0 Å². The summed E-state index contributed by atoms with van der Waals surface area (Å²) in [5, 5.41) is 0. The third kappa shape index (κ3) is 1.97. The fraction of sp³-hybridized carbons (Fsp3) is 0.333. The van der Waals surface area contributed by atoms with E-state index in [1.165, 1.54) is 4.90 Å². The number of nitrogens with two attached hydrogens (primary N) is 1. The van der Waals surface area contributed by atoms with Crippen LogP contribution in [0.3, 0.4) is 0 Å². The summed E-state index contributed by atoms with van der Waals surface area (Å²) in [4.78, 5) is 24.7. The van der Waals surface area contributed by atoms with Crippen molar-refractivity contribution < 1.29 is 9.59 Å². The SMILES string of the molecule is Cc1ccc(C(=O)N2CC(N)CC2=O)cc1. The van der Waals surface area contributed by atoms with Crippen LogP contribution < -0.4 is 5.73 Å². The van der Waals surface area contributed by atoms with Gasteiger partial charge in [0.25, 0.3) is 5.91 Å². The number of aryl methyl sites for hydroxylation is 1. The zero-order valence-electron chi connectivity index (χ0n) is 9.14. The number of carbonyl (C=O) groups excluding carboxylic acids is 2. The van der Waals surface area contributed by atoms with Crippen molar-refractivity contribution in [2.75, 3.05) is 6.54 Å². The Morgan fingerprint density at radius 2 is 2.00 bits per heavy atom. The van der Waals surface area contributed by atoms with Gasteiger partial charge < -0.3 is 5.73 Å². The lowest BCUT2D eigenvalue weighted by atomic mass is 10.1. The number of amides is 2. The Balaban J connectivity index is 2.19. The van der Waals surface area contributed by atoms with Crippen molar-refractivity contribution in [1.82, 2.24) is 4.90 Å². The average Bonchev–Trinajstić information content (AvgIpc) is 2.58. The molecule has 1 saturated heterocycles. The summed E-state index contributed by atoms with van der Waals surface area (Å²) in [6, 6.07) is 6.95. The van der Waals surface area contributed by atoms with E-state index in [0.717, 1.165) is 5.56 Å². The molecule has 0 bridgehead atoms. The highest BCUT2D eigenvalue weighted by Gasteiger charge is 2.32. The lowest BCUT2D eigenvalue weighted by Gasteiger charge is -2.13. The molecule has 4 heteroatoms. The quantitative estimate of drug-likeness (QED) is 0.705. The van der Waals surface area contributed by atoms with E-state index in [1.807, 2.05) is 19.1 Å². The van der Waals surface area contributed by atoms with Crippen LogP contribution in [0.2, 0.25) is 0 Å². The first-order valence-corrected chi connectivity index (χ1v) is 5.25. The third-order valence-electron chi connectivity index (χ3n) is 2.70. The molecule has 1 heterocycles. The average molecular weight is 218 g/mol. The molecule has 0 spiro atoms. The molecule has 0 radical (unpaired) electrons. The van der Waals surface area contributed by atoms with Gasteiger partial charge in [0, 0.05) is 24.6 Å². The van der Waals surface area contributed by atoms with Crippen LogP contribution in [0.15, 0.2) is 24.3 Å². The minimum atomic E-state index is -0.252. The topological polar surface area (TPSA) is 63.4 Å². The van der Waals surface area contributed by atoms with Crippen LogP contribution in [-0.2, 0) is 4.79 Å². The number of hydrogen-bond donors (Lipinski definition) is 1. The summed E-state index contributed by atoms with van der Waals surface area (Å²) in [6.07, 6.45) is 0.262. The van der Waals surface area contributed by atoms with Gasteiger partial charge in [-0.1, -0.05) is 17.7 Å². The predicted octanol–water partition coefficient (Wildman–Crippen LogP) is 0.695. The van der Waals surface area contributed by atoms with Crippen molar-refractivity contribution in [3.63, 3.8) is 0 Å². The van der Waals surface area contributed by atoms with Crippen LogP contribution in [0.1, 0.15) is 22.3 Å². The first-order valence-electron chi connectivity index (χ1n) is 5.25. The van der Waals surface area contributed by atoms with E-state index in [9.17, 15) is 9.59 Å². The molecule has 1 aromatic carbocycles. The van der Waals surface area contributed by atoms with Gasteiger partial charge in [-0.05, 0) is 19.1 Å². The molecule has 1 aromatic rings. The maximum atomic E-state index is 12.0. The largest absolute Gasteiger partial charge is 0.326 e. The molecular weight excluding hydrogens is 204 g/mol. The standard InChI is InChI=1S/C12H14N2O2/c1-8-2-4-9(5-3-8)12(16)14-7-10(13)6-11(14)15/h2-5,10H,6-7,13H2,1H3. The number of likely N-dealkylation sites (tertiary alicyclic amines) is 1. The highest BCUT2D eigenvalue weighted by molar-refractivity contribution is 6.05. The van der Waals surface area contributed by atoms with E-state index < -0.39 is 0 Å². The number of hydrogen-bond acceptors (Lipinski definition) is 3. The van der Waals surface area contributed by atoms with Crippen LogP contribution in [0.25, 0.3) is 0 Å². The Kier molecular flexibility index (Phi) is 2.75. The fourth-order valence-corrected chi connectivity index (χ4v) is 1.78. The number of imide groups is 1. The Morgan fingerprint density at radius 1 is 1.38 bits per heavy atom. The molecule has 0 aliphatic carbocycles. The van der Waals surface area contributed by atoms with Crippen LogP contribution >= 0.6 is 0 Å². The van der Waals surface area contributed by atoms with Crippen LogP contribution in [0.5, 0.6) is 0 Å². The molecule has 0 aromatic heterocycles. The number of carbonyl (C=O) groups is 2. The van der Waals surface area contributed by atoms with E-state index >= 15 is 0 Å². The van der Waals surface area contributed by atoms with Gasteiger partial charge in [0.1, 0.15) is 0 Å². The molecular formula is C12H14N2O2. The Morgan fingerprint density at radius 3 is 2.50 bits per heavy atom.